The van der Waals surface area contributed by atoms with Crippen LogP contribution in [0.4, 0.5) is 0 Å². The molecule has 15 heteroatoms. The summed E-state index contributed by atoms with van der Waals surface area (Å²) in [6, 6.07) is 19.6. The van der Waals surface area contributed by atoms with Gasteiger partial charge in [-0.1, -0.05) is 60.7 Å². The maximum Gasteiger partial charge on any atom is 0.320 e. The molecule has 61 heavy (non-hydrogen) atoms. The van der Waals surface area contributed by atoms with E-state index in [-0.39, 0.29) is 74.8 Å². The van der Waals surface area contributed by atoms with Gasteiger partial charge in [0.25, 0.3) is 0 Å². The average Bonchev–Trinajstić information content (AvgIpc) is 3.24. The molecule has 344 valence electrons. The van der Waals surface area contributed by atoms with Gasteiger partial charge in [-0.2, -0.15) is 0 Å². The van der Waals surface area contributed by atoms with Crippen LogP contribution in [0.15, 0.2) is 60.7 Å². The second-order valence-electron chi connectivity index (χ2n) is 13.7. The zero-order chi connectivity index (χ0) is 46.0. The lowest BCUT2D eigenvalue weighted by Crippen LogP contribution is -2.45. The van der Waals surface area contributed by atoms with Crippen LogP contribution in [0.3, 0.4) is 0 Å². The maximum absolute atomic E-state index is 12.5. The first-order valence-corrected chi connectivity index (χ1v) is 22.0. The van der Waals surface area contributed by atoms with Crippen molar-refractivity contribution in [3.63, 3.8) is 0 Å². The fourth-order valence-electron chi connectivity index (χ4n) is 6.18. The number of nitrogens with one attached hydrogen (secondary N) is 1. The van der Waals surface area contributed by atoms with Crippen LogP contribution < -0.4 is 5.32 Å². The van der Waals surface area contributed by atoms with E-state index >= 15 is 0 Å². The zero-order valence-corrected chi connectivity index (χ0v) is 39.0. The van der Waals surface area contributed by atoms with Gasteiger partial charge in [-0.05, 0) is 80.4 Å². The van der Waals surface area contributed by atoms with E-state index in [1.54, 1.807) is 38.3 Å². The molecule has 0 heterocycles. The molecule has 0 fully saturated rings. The number of ether oxygens (including phenoxy) is 2. The first kappa shape index (κ1) is 56.1. The minimum atomic E-state index is -0.340. The van der Waals surface area contributed by atoms with E-state index in [1.807, 2.05) is 121 Å². The first-order chi connectivity index (χ1) is 29.3. The Balaban J connectivity index is 0.000000900. The minimum absolute atomic E-state index is 0.0438. The number of likely N-dealkylation sites (N-methyl/N-ethyl adjacent to an activating group) is 4. The standard InChI is InChI=1S/C19H31N3O2.C15H21NO4.C12H25N3O2/c1-5-21(6-2)18(23)15-20(14-17-12-10-9-11-13-17)16-19(24)22(7-3)8-4;1-3-19-14(17)11-16(12-15(18)20-4-2)10-13-8-6-5-7-9-13;1-5-14(6-2)11(16)9-13-10-12(17)15(7-3)8-4/h9-13H,5-8,14-16H2,1-4H3;5-9H,3-4,10-12H2,1-2H3;13H,5-10H2,1-4H3. The molecule has 0 spiro atoms. The van der Waals surface area contributed by atoms with E-state index in [4.69, 9.17) is 9.47 Å². The number of amides is 4. The van der Waals surface area contributed by atoms with Crippen LogP contribution in [-0.4, -0.2) is 170 Å². The maximum atomic E-state index is 12.5. The number of hydrogen-bond acceptors (Lipinski definition) is 11. The monoisotopic (exact) mass is 856 g/mol. The molecule has 0 atom stereocenters. The zero-order valence-electron chi connectivity index (χ0n) is 39.0. The summed E-state index contributed by atoms with van der Waals surface area (Å²) in [5.41, 5.74) is 2.14. The highest BCUT2D eigenvalue weighted by atomic mass is 16.5. The topological polar surface area (TPSA) is 152 Å². The Morgan fingerprint density at radius 3 is 0.967 bits per heavy atom. The Morgan fingerprint density at radius 2 is 0.689 bits per heavy atom. The third-order valence-electron chi connectivity index (χ3n) is 9.55. The first-order valence-electron chi connectivity index (χ1n) is 22.0. The molecule has 2 rings (SSSR count). The van der Waals surface area contributed by atoms with Gasteiger partial charge in [-0.15, -0.1) is 0 Å². The number of rotatable bonds is 26. The van der Waals surface area contributed by atoms with Gasteiger partial charge < -0.3 is 29.1 Å². The second-order valence-corrected chi connectivity index (χ2v) is 13.7. The largest absolute Gasteiger partial charge is 0.465 e. The van der Waals surface area contributed by atoms with Crippen molar-refractivity contribution in [1.82, 2.24) is 34.7 Å². The van der Waals surface area contributed by atoms with Crippen LogP contribution in [0.2, 0.25) is 0 Å². The predicted molar refractivity (Wildman–Crippen MR) is 241 cm³/mol. The van der Waals surface area contributed by atoms with E-state index in [0.29, 0.717) is 78.7 Å². The SMILES string of the molecule is CCN(CC)C(=O)CN(CC(=O)N(CC)CC)Cc1ccccc1.CCN(CC)C(=O)CNCC(=O)N(CC)CC.CCOC(=O)CN(CC(=O)OCC)Cc1ccccc1. The Bertz CT molecular complexity index is 1430. The molecule has 0 unspecified atom stereocenters. The van der Waals surface area contributed by atoms with Crippen molar-refractivity contribution in [3.05, 3.63) is 71.8 Å². The minimum Gasteiger partial charge on any atom is -0.465 e. The van der Waals surface area contributed by atoms with Crippen LogP contribution in [0.5, 0.6) is 0 Å². The summed E-state index contributed by atoms with van der Waals surface area (Å²) in [6.45, 7) is 27.7. The molecular formula is C46H77N7O8. The van der Waals surface area contributed by atoms with Crippen molar-refractivity contribution in [1.29, 1.82) is 0 Å². The molecule has 0 aliphatic rings. The number of carbonyl (C=O) groups excluding carboxylic acids is 6. The van der Waals surface area contributed by atoms with Crippen LogP contribution >= 0.6 is 0 Å². The van der Waals surface area contributed by atoms with E-state index in [9.17, 15) is 28.8 Å². The quantitative estimate of drug-likeness (QED) is 0.136. The highest BCUT2D eigenvalue weighted by Gasteiger charge is 2.21. The molecule has 2 aromatic rings. The summed E-state index contributed by atoms with van der Waals surface area (Å²) in [4.78, 5) is 82.1. The highest BCUT2D eigenvalue weighted by Crippen LogP contribution is 2.08. The molecule has 0 radical (unpaired) electrons. The van der Waals surface area contributed by atoms with Crippen LogP contribution in [0.25, 0.3) is 0 Å². The average molecular weight is 856 g/mol. The Hall–Kier alpha value is -4.86. The number of carbonyl (C=O) groups is 6. The summed E-state index contributed by atoms with van der Waals surface area (Å²) in [6.07, 6.45) is 0. The number of benzene rings is 2. The van der Waals surface area contributed by atoms with Crippen molar-refractivity contribution in [2.75, 3.05) is 105 Å². The summed E-state index contributed by atoms with van der Waals surface area (Å²) < 4.78 is 9.84. The molecule has 15 nitrogen and oxygen atoms in total. The van der Waals surface area contributed by atoms with Crippen molar-refractivity contribution < 1.29 is 38.2 Å². The number of nitrogens with zero attached hydrogens (tertiary/aromatic N) is 6. The molecule has 2 aromatic carbocycles. The third kappa shape index (κ3) is 24.9. The Labute approximate surface area is 366 Å². The van der Waals surface area contributed by atoms with Gasteiger partial charge in [0.15, 0.2) is 0 Å². The van der Waals surface area contributed by atoms with Crippen molar-refractivity contribution in [2.24, 2.45) is 0 Å². The van der Waals surface area contributed by atoms with Crippen molar-refractivity contribution in [2.45, 2.75) is 82.3 Å². The van der Waals surface area contributed by atoms with Gasteiger partial charge in [-0.3, -0.25) is 43.9 Å². The van der Waals surface area contributed by atoms with Crippen LogP contribution in [0, 0.1) is 0 Å². The van der Waals surface area contributed by atoms with Gasteiger partial charge in [0.05, 0.1) is 52.5 Å². The molecule has 0 aliphatic carbocycles. The molecule has 4 amide bonds. The summed E-state index contributed by atoms with van der Waals surface area (Å²) in [5, 5.41) is 2.90. The molecule has 0 bridgehead atoms. The normalized spacial score (nSPS) is 10.4. The van der Waals surface area contributed by atoms with E-state index in [0.717, 1.165) is 11.1 Å². The van der Waals surface area contributed by atoms with Crippen molar-refractivity contribution in [3.8, 4) is 0 Å². The van der Waals surface area contributed by atoms with Gasteiger partial charge in [-0.25, -0.2) is 0 Å². The van der Waals surface area contributed by atoms with E-state index < -0.39 is 0 Å². The third-order valence-corrected chi connectivity index (χ3v) is 9.55. The van der Waals surface area contributed by atoms with Crippen LogP contribution in [0.1, 0.15) is 80.4 Å². The number of hydrogen-bond donors (Lipinski definition) is 1. The summed E-state index contributed by atoms with van der Waals surface area (Å²) in [7, 11) is 0. The molecule has 0 aromatic heterocycles. The van der Waals surface area contributed by atoms with Gasteiger partial charge in [0, 0.05) is 65.4 Å². The fourth-order valence-corrected chi connectivity index (χ4v) is 6.18. The lowest BCUT2D eigenvalue weighted by atomic mass is 10.2. The predicted octanol–water partition coefficient (Wildman–Crippen LogP) is 4.15. The molecular weight excluding hydrogens is 779 g/mol. The fraction of sp³-hybridized carbons (Fsp3) is 0.609. The number of esters is 2. The highest BCUT2D eigenvalue weighted by molar-refractivity contribution is 5.82. The molecule has 1 N–H and O–H groups in total. The Kier molecular flexibility index (Phi) is 32.0. The molecule has 0 saturated heterocycles. The van der Waals surface area contributed by atoms with Crippen molar-refractivity contribution >= 4 is 35.6 Å². The molecule has 0 aliphatic heterocycles. The van der Waals surface area contributed by atoms with Gasteiger partial charge >= 0.3 is 11.9 Å². The van der Waals surface area contributed by atoms with E-state index in [1.165, 1.54) is 0 Å². The van der Waals surface area contributed by atoms with Crippen LogP contribution in [-0.2, 0) is 51.3 Å². The van der Waals surface area contributed by atoms with Gasteiger partial charge in [0.2, 0.25) is 23.6 Å². The second kappa shape index (κ2) is 34.8. The lowest BCUT2D eigenvalue weighted by Gasteiger charge is -2.28. The lowest BCUT2D eigenvalue weighted by molar-refractivity contribution is -0.148. The summed E-state index contributed by atoms with van der Waals surface area (Å²) >= 11 is 0. The smallest absolute Gasteiger partial charge is 0.320 e. The van der Waals surface area contributed by atoms with Gasteiger partial charge in [0.1, 0.15) is 0 Å². The molecule has 0 saturated carbocycles. The van der Waals surface area contributed by atoms with E-state index in [2.05, 4.69) is 5.32 Å². The summed E-state index contributed by atoms with van der Waals surface area (Å²) in [5.74, 6) is -0.447. The Morgan fingerprint density at radius 1 is 0.410 bits per heavy atom.